The van der Waals surface area contributed by atoms with Crippen molar-refractivity contribution in [3.63, 3.8) is 0 Å². The molecule has 0 spiro atoms. The summed E-state index contributed by atoms with van der Waals surface area (Å²) in [5, 5.41) is 1.89. The van der Waals surface area contributed by atoms with E-state index in [4.69, 9.17) is 25.9 Å². The van der Waals surface area contributed by atoms with Crippen LogP contribution in [0.2, 0.25) is 0 Å². The van der Waals surface area contributed by atoms with Crippen LogP contribution in [0.1, 0.15) is 0 Å². The fourth-order valence-electron chi connectivity index (χ4n) is 3.96. The number of ether oxygens (including phenoxy) is 2. The SMILES string of the molecule is Cn1ccc2ccc(-c3nc(N)c4cc(N)c(OCCN5CCOCC5)cc4n3)cc21. The van der Waals surface area contributed by atoms with Gasteiger partial charge in [-0.1, -0.05) is 12.1 Å². The molecule has 0 atom stereocenters. The van der Waals surface area contributed by atoms with Crippen molar-refractivity contribution in [2.75, 3.05) is 50.9 Å². The third kappa shape index (κ3) is 3.87. The lowest BCUT2D eigenvalue weighted by Gasteiger charge is -2.26. The van der Waals surface area contributed by atoms with Crippen molar-refractivity contribution < 1.29 is 9.47 Å². The summed E-state index contributed by atoms with van der Waals surface area (Å²) in [4.78, 5) is 11.6. The summed E-state index contributed by atoms with van der Waals surface area (Å²) < 4.78 is 13.4. The van der Waals surface area contributed by atoms with Crippen LogP contribution in [-0.4, -0.2) is 58.9 Å². The van der Waals surface area contributed by atoms with Crippen molar-refractivity contribution >= 4 is 33.3 Å². The first kappa shape index (κ1) is 19.6. The molecule has 160 valence electrons. The third-order valence-corrected chi connectivity index (χ3v) is 5.77. The second kappa shape index (κ2) is 8.05. The van der Waals surface area contributed by atoms with Crippen molar-refractivity contribution in [1.82, 2.24) is 19.4 Å². The van der Waals surface area contributed by atoms with Gasteiger partial charge in [-0.2, -0.15) is 0 Å². The Morgan fingerprint density at radius 3 is 2.74 bits per heavy atom. The lowest BCUT2D eigenvalue weighted by atomic mass is 10.1. The molecule has 3 heterocycles. The molecule has 0 radical (unpaired) electrons. The van der Waals surface area contributed by atoms with Crippen LogP contribution in [0.4, 0.5) is 11.5 Å². The van der Waals surface area contributed by atoms with E-state index < -0.39 is 0 Å². The van der Waals surface area contributed by atoms with Crippen molar-refractivity contribution in [3.8, 4) is 17.1 Å². The quantitative estimate of drug-likeness (QED) is 0.480. The molecular formula is C23H26N6O2. The number of benzene rings is 2. The van der Waals surface area contributed by atoms with Gasteiger partial charge >= 0.3 is 0 Å². The molecule has 0 unspecified atom stereocenters. The second-order valence-corrected chi connectivity index (χ2v) is 7.84. The lowest BCUT2D eigenvalue weighted by Crippen LogP contribution is -2.38. The Bertz CT molecular complexity index is 1250. The van der Waals surface area contributed by atoms with Crippen molar-refractivity contribution in [3.05, 3.63) is 42.6 Å². The van der Waals surface area contributed by atoms with Gasteiger partial charge in [0.2, 0.25) is 0 Å². The molecule has 1 aliphatic rings. The minimum absolute atomic E-state index is 0.401. The highest BCUT2D eigenvalue weighted by atomic mass is 16.5. The van der Waals surface area contributed by atoms with Gasteiger partial charge in [-0.25, -0.2) is 9.97 Å². The van der Waals surface area contributed by atoms with E-state index in [-0.39, 0.29) is 0 Å². The first-order valence-electron chi connectivity index (χ1n) is 10.4. The number of nitrogens with zero attached hydrogens (tertiary/aromatic N) is 4. The van der Waals surface area contributed by atoms with E-state index in [1.807, 2.05) is 25.4 Å². The predicted molar refractivity (Wildman–Crippen MR) is 123 cm³/mol. The third-order valence-electron chi connectivity index (χ3n) is 5.77. The van der Waals surface area contributed by atoms with Crippen molar-refractivity contribution in [1.29, 1.82) is 0 Å². The van der Waals surface area contributed by atoms with Gasteiger partial charge in [0.1, 0.15) is 18.2 Å². The molecule has 0 aliphatic carbocycles. The van der Waals surface area contributed by atoms with E-state index in [0.717, 1.165) is 49.3 Å². The maximum absolute atomic E-state index is 6.26. The molecule has 0 saturated carbocycles. The van der Waals surface area contributed by atoms with Crippen LogP contribution in [-0.2, 0) is 11.8 Å². The molecule has 4 aromatic rings. The number of hydrogen-bond acceptors (Lipinski definition) is 7. The molecule has 8 heteroatoms. The zero-order chi connectivity index (χ0) is 21.4. The molecule has 8 nitrogen and oxygen atoms in total. The number of morpholine rings is 1. The van der Waals surface area contributed by atoms with Gasteiger partial charge in [0.15, 0.2) is 5.82 Å². The zero-order valence-corrected chi connectivity index (χ0v) is 17.5. The Morgan fingerprint density at radius 1 is 1.06 bits per heavy atom. The van der Waals surface area contributed by atoms with Gasteiger partial charge < -0.3 is 25.5 Å². The summed E-state index contributed by atoms with van der Waals surface area (Å²) in [7, 11) is 2.02. The molecule has 1 fully saturated rings. The summed E-state index contributed by atoms with van der Waals surface area (Å²) in [6.45, 7) is 4.77. The minimum atomic E-state index is 0.401. The van der Waals surface area contributed by atoms with Crippen molar-refractivity contribution in [2.24, 2.45) is 7.05 Å². The molecule has 4 N–H and O–H groups in total. The Kier molecular flexibility index (Phi) is 5.09. The van der Waals surface area contributed by atoms with Gasteiger partial charge in [-0.3, -0.25) is 4.90 Å². The highest BCUT2D eigenvalue weighted by Gasteiger charge is 2.14. The normalized spacial score (nSPS) is 15.0. The van der Waals surface area contributed by atoms with Crippen LogP contribution in [0, 0.1) is 0 Å². The van der Waals surface area contributed by atoms with Crippen LogP contribution in [0.25, 0.3) is 33.2 Å². The van der Waals surface area contributed by atoms with E-state index >= 15 is 0 Å². The highest BCUT2D eigenvalue weighted by molar-refractivity contribution is 5.94. The number of nitrogens with two attached hydrogens (primary N) is 2. The van der Waals surface area contributed by atoms with Crippen LogP contribution in [0.3, 0.4) is 0 Å². The molecule has 2 aromatic carbocycles. The van der Waals surface area contributed by atoms with Crippen LogP contribution in [0.15, 0.2) is 42.6 Å². The number of anilines is 2. The Labute approximate surface area is 180 Å². The summed E-state index contributed by atoms with van der Waals surface area (Å²) in [5.74, 6) is 1.60. The molecule has 5 rings (SSSR count). The molecule has 2 aromatic heterocycles. The fraction of sp³-hybridized carbons (Fsp3) is 0.304. The molecule has 1 aliphatic heterocycles. The first-order valence-corrected chi connectivity index (χ1v) is 10.4. The topological polar surface area (TPSA) is 104 Å². The lowest BCUT2D eigenvalue weighted by molar-refractivity contribution is 0.0323. The predicted octanol–water partition coefficient (Wildman–Crippen LogP) is 2.66. The number of nitrogen functional groups attached to an aromatic ring is 2. The Balaban J connectivity index is 1.44. The summed E-state index contributed by atoms with van der Waals surface area (Å²) >= 11 is 0. The number of rotatable bonds is 5. The number of fused-ring (bicyclic) bond motifs is 2. The van der Waals surface area contributed by atoms with Crippen molar-refractivity contribution in [2.45, 2.75) is 0 Å². The second-order valence-electron chi connectivity index (χ2n) is 7.84. The average molecular weight is 419 g/mol. The summed E-state index contributed by atoms with van der Waals surface area (Å²) in [6, 6.07) is 11.9. The Hall–Kier alpha value is -3.36. The van der Waals surface area contributed by atoms with Crippen LogP contribution >= 0.6 is 0 Å². The first-order chi connectivity index (χ1) is 15.1. The molecular weight excluding hydrogens is 392 g/mol. The molecule has 31 heavy (non-hydrogen) atoms. The average Bonchev–Trinajstić information content (AvgIpc) is 3.15. The monoisotopic (exact) mass is 418 g/mol. The highest BCUT2D eigenvalue weighted by Crippen LogP contribution is 2.32. The number of aromatic nitrogens is 3. The summed E-state index contributed by atoms with van der Waals surface area (Å²) in [6.07, 6.45) is 2.04. The maximum atomic E-state index is 6.26. The number of hydrogen-bond donors (Lipinski definition) is 2. The zero-order valence-electron chi connectivity index (χ0n) is 17.5. The smallest absolute Gasteiger partial charge is 0.162 e. The largest absolute Gasteiger partial charge is 0.490 e. The van der Waals surface area contributed by atoms with Gasteiger partial charge in [0.25, 0.3) is 0 Å². The van der Waals surface area contributed by atoms with Gasteiger partial charge in [-0.05, 0) is 23.6 Å². The fourth-order valence-corrected chi connectivity index (χ4v) is 3.96. The van der Waals surface area contributed by atoms with E-state index in [1.165, 1.54) is 5.39 Å². The van der Waals surface area contributed by atoms with Crippen LogP contribution < -0.4 is 16.2 Å². The van der Waals surface area contributed by atoms with E-state index in [1.54, 1.807) is 6.07 Å². The standard InChI is InChI=1S/C23H26N6O2/c1-28-5-4-15-2-3-16(12-20(15)28)23-26-19-14-21(18(24)13-17(19)22(25)27-23)31-11-8-29-6-9-30-10-7-29/h2-5,12-14H,6-11,24H2,1H3,(H2,25,26,27). The Morgan fingerprint density at radius 2 is 1.90 bits per heavy atom. The molecule has 0 bridgehead atoms. The van der Waals surface area contributed by atoms with Crippen LogP contribution in [0.5, 0.6) is 5.75 Å². The van der Waals surface area contributed by atoms with E-state index in [2.05, 4.69) is 32.7 Å². The maximum Gasteiger partial charge on any atom is 0.162 e. The van der Waals surface area contributed by atoms with Gasteiger partial charge in [0, 0.05) is 55.4 Å². The van der Waals surface area contributed by atoms with E-state index in [0.29, 0.717) is 35.2 Å². The summed E-state index contributed by atoms with van der Waals surface area (Å²) in [5.41, 5.74) is 15.8. The van der Waals surface area contributed by atoms with Gasteiger partial charge in [0.05, 0.1) is 24.4 Å². The minimum Gasteiger partial charge on any atom is -0.490 e. The van der Waals surface area contributed by atoms with E-state index in [9.17, 15) is 0 Å². The number of aryl methyl sites for hydroxylation is 1. The molecule has 1 saturated heterocycles. The van der Waals surface area contributed by atoms with Gasteiger partial charge in [-0.15, -0.1) is 0 Å². The molecule has 0 amide bonds.